The Morgan fingerprint density at radius 3 is 2.45 bits per heavy atom. The predicted molar refractivity (Wildman–Crippen MR) is 119 cm³/mol. The third kappa shape index (κ3) is 3.92. The Labute approximate surface area is 180 Å². The van der Waals surface area contributed by atoms with Crippen LogP contribution in [0.15, 0.2) is 59.7 Å². The minimum atomic E-state index is -0.887. The summed E-state index contributed by atoms with van der Waals surface area (Å²) < 4.78 is 13.6. The Hall–Kier alpha value is -3.58. The van der Waals surface area contributed by atoms with Crippen molar-refractivity contribution >= 4 is 5.52 Å². The van der Waals surface area contributed by atoms with Crippen molar-refractivity contribution in [3.05, 3.63) is 81.9 Å². The fourth-order valence-corrected chi connectivity index (χ4v) is 3.56. The lowest BCUT2D eigenvalue weighted by atomic mass is 10.0. The molecule has 0 radical (unpaired) electrons. The van der Waals surface area contributed by atoms with E-state index in [0.29, 0.717) is 22.6 Å². The van der Waals surface area contributed by atoms with Crippen LogP contribution < -0.4 is 15.0 Å². The summed E-state index contributed by atoms with van der Waals surface area (Å²) >= 11 is 0. The van der Waals surface area contributed by atoms with Crippen molar-refractivity contribution in [3.8, 4) is 22.8 Å². The van der Waals surface area contributed by atoms with E-state index in [1.54, 1.807) is 55.4 Å². The molecule has 0 spiro atoms. The molecule has 0 aliphatic rings. The number of methoxy groups -OCH3 is 2. The Morgan fingerprint density at radius 2 is 1.74 bits per heavy atom. The van der Waals surface area contributed by atoms with Crippen LogP contribution in [-0.4, -0.2) is 33.5 Å². The maximum absolute atomic E-state index is 13.0. The van der Waals surface area contributed by atoms with E-state index < -0.39 is 6.10 Å². The van der Waals surface area contributed by atoms with Gasteiger partial charge < -0.3 is 19.1 Å². The number of fused-ring (bicyclic) bond motifs is 1. The van der Waals surface area contributed by atoms with Gasteiger partial charge in [0.15, 0.2) is 11.5 Å². The van der Waals surface area contributed by atoms with Gasteiger partial charge >= 0.3 is 0 Å². The summed E-state index contributed by atoms with van der Waals surface area (Å²) in [6.07, 6.45) is 2.47. The zero-order valence-electron chi connectivity index (χ0n) is 18.0. The lowest BCUT2D eigenvalue weighted by molar-refractivity contribution is 0.154. The molecule has 0 saturated carbocycles. The second-order valence-electron chi connectivity index (χ2n) is 7.54. The van der Waals surface area contributed by atoms with Crippen molar-refractivity contribution in [3.63, 3.8) is 0 Å². The highest BCUT2D eigenvalue weighted by molar-refractivity contribution is 5.66. The maximum atomic E-state index is 13.0. The van der Waals surface area contributed by atoms with Crippen LogP contribution in [0.3, 0.4) is 0 Å². The minimum absolute atomic E-state index is 0.106. The number of nitrogens with zero attached hydrogens (tertiary/aromatic N) is 3. The standard InChI is InChI=1S/C24H25N3O4/c1-15-5-6-17(11-16(15)2)19-13-20-24(29)26(9-10-27(20)25-19)14-21(28)18-7-8-22(30-3)23(12-18)31-4/h5-13,21,28H,14H2,1-4H3/t21-/m1/s1. The maximum Gasteiger partial charge on any atom is 0.276 e. The van der Waals surface area contributed by atoms with Gasteiger partial charge in [-0.25, -0.2) is 4.52 Å². The fourth-order valence-electron chi connectivity index (χ4n) is 3.56. The molecule has 160 valence electrons. The van der Waals surface area contributed by atoms with Gasteiger partial charge in [-0.15, -0.1) is 0 Å². The number of aliphatic hydroxyl groups is 1. The molecule has 0 saturated heterocycles. The van der Waals surface area contributed by atoms with E-state index in [2.05, 4.69) is 25.0 Å². The first-order valence-electron chi connectivity index (χ1n) is 9.97. The average molecular weight is 419 g/mol. The van der Waals surface area contributed by atoms with Crippen LogP contribution in [0.5, 0.6) is 11.5 Å². The van der Waals surface area contributed by atoms with Gasteiger partial charge in [-0.2, -0.15) is 5.10 Å². The lowest BCUT2D eigenvalue weighted by Crippen LogP contribution is -2.24. The van der Waals surface area contributed by atoms with Gasteiger partial charge in [-0.1, -0.05) is 18.2 Å². The molecule has 2 heterocycles. The van der Waals surface area contributed by atoms with Crippen LogP contribution in [0.4, 0.5) is 0 Å². The molecule has 1 N–H and O–H groups in total. The van der Waals surface area contributed by atoms with E-state index >= 15 is 0 Å². The van der Waals surface area contributed by atoms with Crippen LogP contribution >= 0.6 is 0 Å². The highest BCUT2D eigenvalue weighted by atomic mass is 16.5. The molecule has 0 fully saturated rings. The first kappa shape index (κ1) is 20.7. The molecule has 0 unspecified atom stereocenters. The molecule has 0 aliphatic carbocycles. The average Bonchev–Trinajstić information content (AvgIpc) is 3.22. The molecule has 1 atom stereocenters. The molecule has 31 heavy (non-hydrogen) atoms. The van der Waals surface area contributed by atoms with Gasteiger partial charge in [0.05, 0.1) is 32.6 Å². The second-order valence-corrected chi connectivity index (χ2v) is 7.54. The highest BCUT2D eigenvalue weighted by Crippen LogP contribution is 2.30. The van der Waals surface area contributed by atoms with Crippen molar-refractivity contribution in [1.82, 2.24) is 14.2 Å². The van der Waals surface area contributed by atoms with Gasteiger partial charge in [0, 0.05) is 18.0 Å². The number of rotatable bonds is 6. The Morgan fingerprint density at radius 1 is 0.968 bits per heavy atom. The number of aromatic nitrogens is 3. The number of benzene rings is 2. The number of aryl methyl sites for hydroxylation is 2. The van der Waals surface area contributed by atoms with E-state index in [0.717, 1.165) is 11.3 Å². The quantitative estimate of drug-likeness (QED) is 0.517. The van der Waals surface area contributed by atoms with Crippen LogP contribution in [0.1, 0.15) is 22.8 Å². The van der Waals surface area contributed by atoms with Crippen LogP contribution in [0.25, 0.3) is 16.8 Å². The highest BCUT2D eigenvalue weighted by Gasteiger charge is 2.15. The summed E-state index contributed by atoms with van der Waals surface area (Å²) in [6.45, 7) is 4.22. The van der Waals surface area contributed by atoms with Gasteiger partial charge in [0.25, 0.3) is 5.56 Å². The molecule has 4 aromatic rings. The van der Waals surface area contributed by atoms with Gasteiger partial charge in [0.2, 0.25) is 0 Å². The zero-order valence-corrected chi connectivity index (χ0v) is 18.0. The van der Waals surface area contributed by atoms with E-state index in [1.165, 1.54) is 15.7 Å². The SMILES string of the molecule is COc1ccc([C@H](O)Cn2ccn3nc(-c4ccc(C)c(C)c4)cc3c2=O)cc1OC. The van der Waals surface area contributed by atoms with Crippen LogP contribution in [0.2, 0.25) is 0 Å². The van der Waals surface area contributed by atoms with Crippen LogP contribution in [-0.2, 0) is 6.54 Å². The van der Waals surface area contributed by atoms with E-state index in [1.807, 2.05) is 12.1 Å². The van der Waals surface area contributed by atoms with Crippen molar-refractivity contribution in [1.29, 1.82) is 0 Å². The summed E-state index contributed by atoms with van der Waals surface area (Å²) in [5, 5.41) is 15.3. The lowest BCUT2D eigenvalue weighted by Gasteiger charge is -2.15. The summed E-state index contributed by atoms with van der Waals surface area (Å²) in [5.74, 6) is 1.10. The summed E-state index contributed by atoms with van der Waals surface area (Å²) in [6, 6.07) is 13.1. The largest absolute Gasteiger partial charge is 0.493 e. The normalized spacial score (nSPS) is 12.2. The zero-order chi connectivity index (χ0) is 22.1. The number of hydrogen-bond donors (Lipinski definition) is 1. The molecule has 0 amide bonds. The molecule has 7 nitrogen and oxygen atoms in total. The number of aliphatic hydroxyl groups excluding tert-OH is 1. The summed E-state index contributed by atoms with van der Waals surface area (Å²) in [5.41, 5.74) is 4.94. The smallest absolute Gasteiger partial charge is 0.276 e. The molecular formula is C24H25N3O4. The first-order valence-corrected chi connectivity index (χ1v) is 9.97. The Bertz CT molecular complexity index is 1310. The topological polar surface area (TPSA) is 78.0 Å². The van der Waals surface area contributed by atoms with E-state index in [4.69, 9.17) is 9.47 Å². The first-order chi connectivity index (χ1) is 14.9. The van der Waals surface area contributed by atoms with E-state index in [-0.39, 0.29) is 12.1 Å². The monoisotopic (exact) mass is 419 g/mol. The minimum Gasteiger partial charge on any atom is -0.493 e. The number of ether oxygens (including phenoxy) is 2. The molecule has 0 aliphatic heterocycles. The summed E-state index contributed by atoms with van der Waals surface area (Å²) in [7, 11) is 3.10. The fraction of sp³-hybridized carbons (Fsp3) is 0.250. The van der Waals surface area contributed by atoms with Gasteiger partial charge in [-0.05, 0) is 54.8 Å². The van der Waals surface area contributed by atoms with Crippen molar-refractivity contribution in [2.75, 3.05) is 14.2 Å². The third-order valence-electron chi connectivity index (χ3n) is 5.57. The molecule has 4 rings (SSSR count). The van der Waals surface area contributed by atoms with Gasteiger partial charge in [-0.3, -0.25) is 4.79 Å². The van der Waals surface area contributed by atoms with Crippen molar-refractivity contribution in [2.45, 2.75) is 26.5 Å². The number of hydrogen-bond acceptors (Lipinski definition) is 5. The molecule has 0 bridgehead atoms. The molecular weight excluding hydrogens is 394 g/mol. The summed E-state index contributed by atoms with van der Waals surface area (Å²) in [4.78, 5) is 13.0. The molecule has 7 heteroatoms. The second kappa shape index (κ2) is 8.28. The molecule has 2 aromatic carbocycles. The van der Waals surface area contributed by atoms with Gasteiger partial charge in [0.1, 0.15) is 5.52 Å². The van der Waals surface area contributed by atoms with Crippen LogP contribution in [0, 0.1) is 13.8 Å². The Balaban J connectivity index is 1.65. The Kier molecular flexibility index (Phi) is 5.52. The van der Waals surface area contributed by atoms with Crippen molar-refractivity contribution < 1.29 is 14.6 Å². The van der Waals surface area contributed by atoms with Crippen molar-refractivity contribution in [2.24, 2.45) is 0 Å². The molecule has 2 aromatic heterocycles. The third-order valence-corrected chi connectivity index (χ3v) is 5.57. The predicted octanol–water partition coefficient (Wildman–Crippen LogP) is 3.53. The van der Waals surface area contributed by atoms with E-state index in [9.17, 15) is 9.90 Å².